The molecule has 6 nitrogen and oxygen atoms in total. The van der Waals surface area contributed by atoms with Crippen LogP contribution >= 0.6 is 0 Å². The van der Waals surface area contributed by atoms with Crippen LogP contribution in [0.5, 0.6) is 0 Å². The highest BCUT2D eigenvalue weighted by molar-refractivity contribution is 5.92. The van der Waals surface area contributed by atoms with E-state index in [4.69, 9.17) is 4.74 Å². The van der Waals surface area contributed by atoms with Crippen LogP contribution in [0.4, 0.5) is 0 Å². The van der Waals surface area contributed by atoms with Crippen LogP contribution in [0.1, 0.15) is 18.4 Å². The highest BCUT2D eigenvalue weighted by atomic mass is 16.5. The minimum absolute atomic E-state index is 0.159. The number of allylic oxidation sites excluding steroid dienone is 1. The van der Waals surface area contributed by atoms with E-state index in [2.05, 4.69) is 10.3 Å². The molecule has 1 aliphatic rings. The van der Waals surface area contributed by atoms with E-state index in [0.717, 1.165) is 11.3 Å². The molecule has 1 aromatic heterocycles. The Morgan fingerprint density at radius 2 is 2.12 bits per heavy atom. The van der Waals surface area contributed by atoms with Gasteiger partial charge in [-0.05, 0) is 36.6 Å². The molecule has 3 rings (SSSR count). The number of benzene rings is 1. The van der Waals surface area contributed by atoms with Crippen molar-refractivity contribution < 1.29 is 14.3 Å². The SMILES string of the molecule is COC(=O)[C@@H]1CC=C[C@@H](NC(=O)/C=C/c2ccc(-n3ccnc3)cc2)C1. The third-order valence-corrected chi connectivity index (χ3v) is 4.31. The lowest BCUT2D eigenvalue weighted by Crippen LogP contribution is -2.37. The third kappa shape index (κ3) is 4.47. The van der Waals surface area contributed by atoms with Crippen molar-refractivity contribution in [1.82, 2.24) is 14.9 Å². The number of aromatic nitrogens is 2. The normalized spacial score (nSPS) is 19.4. The summed E-state index contributed by atoms with van der Waals surface area (Å²) in [5, 5.41) is 2.90. The van der Waals surface area contributed by atoms with Crippen molar-refractivity contribution in [3.63, 3.8) is 0 Å². The number of ether oxygens (including phenoxy) is 1. The second kappa shape index (κ2) is 8.29. The van der Waals surface area contributed by atoms with Gasteiger partial charge in [0, 0.05) is 30.2 Å². The predicted octanol–water partition coefficient (Wildman–Crippen LogP) is 2.51. The lowest BCUT2D eigenvalue weighted by molar-refractivity contribution is -0.146. The van der Waals surface area contributed by atoms with E-state index < -0.39 is 0 Å². The zero-order chi connectivity index (χ0) is 18.4. The fraction of sp³-hybridized carbons (Fsp3) is 0.250. The number of imidazole rings is 1. The van der Waals surface area contributed by atoms with Crippen LogP contribution in [0.15, 0.2) is 61.2 Å². The number of esters is 1. The van der Waals surface area contributed by atoms with Gasteiger partial charge in [0.05, 0.1) is 19.4 Å². The molecule has 1 aromatic carbocycles. The summed E-state index contributed by atoms with van der Waals surface area (Å²) in [7, 11) is 1.38. The standard InChI is InChI=1S/C20H21N3O3/c1-26-20(25)16-3-2-4-17(13-16)22-19(24)10-7-15-5-8-18(9-6-15)23-12-11-21-14-23/h2,4-12,14,16-17H,3,13H2,1H3,(H,22,24)/b10-7+/t16-,17-/m1/s1. The number of amides is 1. The fourth-order valence-corrected chi connectivity index (χ4v) is 2.93. The van der Waals surface area contributed by atoms with Gasteiger partial charge in [-0.3, -0.25) is 9.59 Å². The largest absolute Gasteiger partial charge is 0.469 e. The summed E-state index contributed by atoms with van der Waals surface area (Å²) < 4.78 is 6.69. The number of methoxy groups -OCH3 is 1. The van der Waals surface area contributed by atoms with Crippen LogP contribution in [0.25, 0.3) is 11.8 Å². The zero-order valence-corrected chi connectivity index (χ0v) is 14.5. The molecule has 0 saturated heterocycles. The van der Waals surface area contributed by atoms with Gasteiger partial charge in [-0.1, -0.05) is 24.3 Å². The first-order valence-corrected chi connectivity index (χ1v) is 8.47. The van der Waals surface area contributed by atoms with Gasteiger partial charge in [0.1, 0.15) is 0 Å². The van der Waals surface area contributed by atoms with Gasteiger partial charge in [0.15, 0.2) is 0 Å². The molecule has 1 N–H and O–H groups in total. The van der Waals surface area contributed by atoms with Crippen molar-refractivity contribution in [1.29, 1.82) is 0 Å². The molecule has 0 saturated carbocycles. The predicted molar refractivity (Wildman–Crippen MR) is 98.4 cm³/mol. The maximum Gasteiger partial charge on any atom is 0.309 e. The van der Waals surface area contributed by atoms with E-state index in [0.29, 0.717) is 12.8 Å². The molecule has 134 valence electrons. The van der Waals surface area contributed by atoms with E-state index in [1.54, 1.807) is 18.6 Å². The average Bonchev–Trinajstić information content (AvgIpc) is 3.21. The number of carbonyl (C=O) groups excluding carboxylic acids is 2. The minimum Gasteiger partial charge on any atom is -0.469 e. The molecule has 0 bridgehead atoms. The fourth-order valence-electron chi connectivity index (χ4n) is 2.93. The van der Waals surface area contributed by atoms with Gasteiger partial charge in [-0.2, -0.15) is 0 Å². The van der Waals surface area contributed by atoms with Gasteiger partial charge in [-0.15, -0.1) is 0 Å². The summed E-state index contributed by atoms with van der Waals surface area (Å²) in [6, 6.07) is 7.64. The topological polar surface area (TPSA) is 73.2 Å². The molecule has 6 heteroatoms. The monoisotopic (exact) mass is 351 g/mol. The molecule has 0 radical (unpaired) electrons. The average molecular weight is 351 g/mol. The summed E-state index contributed by atoms with van der Waals surface area (Å²) in [5.41, 5.74) is 1.93. The van der Waals surface area contributed by atoms with Crippen molar-refractivity contribution in [2.45, 2.75) is 18.9 Å². The maximum absolute atomic E-state index is 12.1. The Morgan fingerprint density at radius 3 is 2.81 bits per heavy atom. The van der Waals surface area contributed by atoms with E-state index >= 15 is 0 Å². The first-order chi connectivity index (χ1) is 12.7. The van der Waals surface area contributed by atoms with Gasteiger partial charge in [-0.25, -0.2) is 4.98 Å². The zero-order valence-electron chi connectivity index (χ0n) is 14.5. The molecule has 1 heterocycles. The number of hydrogen-bond acceptors (Lipinski definition) is 4. The number of nitrogens with zero attached hydrogens (tertiary/aromatic N) is 2. The van der Waals surface area contributed by atoms with E-state index in [1.165, 1.54) is 13.2 Å². The van der Waals surface area contributed by atoms with Crippen LogP contribution in [0.2, 0.25) is 0 Å². The molecule has 2 atom stereocenters. The number of carbonyl (C=O) groups is 2. The Balaban J connectivity index is 1.55. The lowest BCUT2D eigenvalue weighted by Gasteiger charge is -2.23. The second-order valence-electron chi connectivity index (χ2n) is 6.13. The molecule has 1 amide bonds. The van der Waals surface area contributed by atoms with Crippen molar-refractivity contribution in [3.05, 3.63) is 66.8 Å². The molecule has 0 unspecified atom stereocenters. The number of nitrogens with one attached hydrogen (secondary N) is 1. The van der Waals surface area contributed by atoms with E-state index in [1.807, 2.05) is 47.2 Å². The van der Waals surface area contributed by atoms with Gasteiger partial charge in [0.25, 0.3) is 0 Å². The first-order valence-electron chi connectivity index (χ1n) is 8.47. The first kappa shape index (κ1) is 17.7. The van der Waals surface area contributed by atoms with Crippen molar-refractivity contribution in [2.75, 3.05) is 7.11 Å². The van der Waals surface area contributed by atoms with Gasteiger partial charge in [0.2, 0.25) is 5.91 Å². The Bertz CT molecular complexity index is 807. The molecular weight excluding hydrogens is 330 g/mol. The van der Waals surface area contributed by atoms with Crippen LogP contribution in [-0.2, 0) is 14.3 Å². The Kier molecular flexibility index (Phi) is 5.63. The summed E-state index contributed by atoms with van der Waals surface area (Å²) in [5.74, 6) is -0.624. The summed E-state index contributed by atoms with van der Waals surface area (Å²) in [4.78, 5) is 27.8. The van der Waals surface area contributed by atoms with E-state index in [-0.39, 0.29) is 23.8 Å². The Hall–Kier alpha value is -3.15. The maximum atomic E-state index is 12.1. The molecule has 0 fully saturated rings. The van der Waals surface area contributed by atoms with E-state index in [9.17, 15) is 9.59 Å². The molecule has 26 heavy (non-hydrogen) atoms. The molecule has 0 spiro atoms. The smallest absolute Gasteiger partial charge is 0.309 e. The van der Waals surface area contributed by atoms with Crippen LogP contribution < -0.4 is 5.32 Å². The van der Waals surface area contributed by atoms with Crippen LogP contribution in [0, 0.1) is 5.92 Å². The lowest BCUT2D eigenvalue weighted by atomic mass is 9.91. The molecular formula is C20H21N3O3. The summed E-state index contributed by atoms with van der Waals surface area (Å²) in [6.07, 6.45) is 13.6. The minimum atomic E-state index is -0.234. The van der Waals surface area contributed by atoms with Crippen LogP contribution in [-0.4, -0.2) is 34.6 Å². The Labute approximate surface area is 152 Å². The molecule has 0 aliphatic heterocycles. The number of hydrogen-bond donors (Lipinski definition) is 1. The highest BCUT2D eigenvalue weighted by Gasteiger charge is 2.25. The Morgan fingerprint density at radius 1 is 1.31 bits per heavy atom. The van der Waals surface area contributed by atoms with Crippen LogP contribution in [0.3, 0.4) is 0 Å². The summed E-state index contributed by atoms with van der Waals surface area (Å²) >= 11 is 0. The third-order valence-electron chi connectivity index (χ3n) is 4.31. The van der Waals surface area contributed by atoms with Gasteiger partial charge >= 0.3 is 5.97 Å². The summed E-state index contributed by atoms with van der Waals surface area (Å²) in [6.45, 7) is 0. The second-order valence-corrected chi connectivity index (χ2v) is 6.13. The quantitative estimate of drug-likeness (QED) is 0.510. The van der Waals surface area contributed by atoms with Crippen molar-refractivity contribution in [3.8, 4) is 5.69 Å². The molecule has 2 aromatic rings. The molecule has 1 aliphatic carbocycles. The van der Waals surface area contributed by atoms with Gasteiger partial charge < -0.3 is 14.6 Å². The highest BCUT2D eigenvalue weighted by Crippen LogP contribution is 2.20. The van der Waals surface area contributed by atoms with Crippen molar-refractivity contribution in [2.24, 2.45) is 5.92 Å². The number of rotatable bonds is 5. The van der Waals surface area contributed by atoms with Crippen molar-refractivity contribution >= 4 is 18.0 Å².